The van der Waals surface area contributed by atoms with Gasteiger partial charge in [0.15, 0.2) is 0 Å². The number of hydrogen-bond donors (Lipinski definition) is 0. The molecule has 0 bridgehead atoms. The van der Waals surface area contributed by atoms with Crippen LogP contribution in [0.4, 0.5) is 5.69 Å². The second-order valence-electron chi connectivity index (χ2n) is 6.79. The maximum atomic E-state index is 12.6. The molecule has 0 spiro atoms. The number of benzene rings is 3. The van der Waals surface area contributed by atoms with E-state index in [2.05, 4.69) is 10.3 Å². The first-order valence-electron chi connectivity index (χ1n) is 9.41. The number of aromatic nitrogens is 3. The molecule has 0 fully saturated rings. The van der Waals surface area contributed by atoms with Crippen LogP contribution in [0.3, 0.4) is 0 Å². The number of non-ortho nitro benzene ring substituents is 1. The van der Waals surface area contributed by atoms with Crippen molar-refractivity contribution in [3.63, 3.8) is 0 Å². The molecule has 0 saturated heterocycles. The molecule has 0 unspecified atom stereocenters. The van der Waals surface area contributed by atoms with Crippen LogP contribution >= 0.6 is 0 Å². The molecule has 1 heterocycles. The summed E-state index contributed by atoms with van der Waals surface area (Å²) in [5, 5.41) is 30.4. The number of hydrogen-bond acceptors (Lipinski definition) is 8. The number of para-hydroxylation sites is 2. The minimum Gasteiger partial charge on any atom is -0.423 e. The van der Waals surface area contributed by atoms with E-state index in [1.165, 1.54) is 35.0 Å². The van der Waals surface area contributed by atoms with E-state index < -0.39 is 28.4 Å². The predicted octanol–water partition coefficient (Wildman–Crippen LogP) is 3.42. The molecule has 0 aliphatic carbocycles. The summed E-state index contributed by atoms with van der Waals surface area (Å²) in [4.78, 5) is 33.8. The molecular formula is C21H15N5O6. The Kier molecular flexibility index (Phi) is 5.53. The summed E-state index contributed by atoms with van der Waals surface area (Å²) < 4.78 is 6.94. The van der Waals surface area contributed by atoms with Crippen molar-refractivity contribution >= 4 is 22.7 Å². The summed E-state index contributed by atoms with van der Waals surface area (Å²) in [5.74, 6) is -0.641. The first-order valence-corrected chi connectivity index (χ1v) is 9.41. The van der Waals surface area contributed by atoms with Crippen molar-refractivity contribution in [2.45, 2.75) is 6.04 Å². The Balaban J connectivity index is 1.70. The van der Waals surface area contributed by atoms with Crippen LogP contribution in [0.25, 0.3) is 11.0 Å². The SMILES string of the molecule is O=C(Oc1ccccc1[C@H](C[N+](=O)[O-])n1nnc2ccccc21)c1ccc([N+](=O)[O-])cc1. The number of esters is 1. The molecule has 0 N–H and O–H groups in total. The van der Waals surface area contributed by atoms with Gasteiger partial charge >= 0.3 is 5.97 Å². The molecule has 0 aliphatic rings. The van der Waals surface area contributed by atoms with Gasteiger partial charge in [-0.05, 0) is 30.3 Å². The maximum absolute atomic E-state index is 12.6. The van der Waals surface area contributed by atoms with Crippen LogP contribution in [0.1, 0.15) is 22.0 Å². The van der Waals surface area contributed by atoms with E-state index in [1.807, 2.05) is 0 Å². The molecule has 3 aromatic carbocycles. The summed E-state index contributed by atoms with van der Waals surface area (Å²) in [6.45, 7) is -0.514. The standard InChI is InChI=1S/C21H15N5O6/c27-21(14-9-11-15(12-10-14)26(30)31)32-20-8-4-1-5-16(20)19(13-24(28)29)25-18-7-3-2-6-17(18)22-23-25/h1-12,19H,13H2/t19-/m0/s1. The Morgan fingerprint density at radius 3 is 2.38 bits per heavy atom. The minimum atomic E-state index is -0.890. The molecule has 0 amide bonds. The van der Waals surface area contributed by atoms with Crippen molar-refractivity contribution in [1.82, 2.24) is 15.0 Å². The van der Waals surface area contributed by atoms with Gasteiger partial charge in [-0.3, -0.25) is 20.2 Å². The number of nitro groups is 2. The summed E-state index contributed by atoms with van der Waals surface area (Å²) in [7, 11) is 0. The molecule has 0 aliphatic heterocycles. The first-order chi connectivity index (χ1) is 15.4. The lowest BCUT2D eigenvalue weighted by Crippen LogP contribution is -2.22. The van der Waals surface area contributed by atoms with Crippen molar-refractivity contribution in [1.29, 1.82) is 0 Å². The number of ether oxygens (including phenoxy) is 1. The molecule has 1 aromatic heterocycles. The van der Waals surface area contributed by atoms with Gasteiger partial charge in [-0.15, -0.1) is 5.10 Å². The van der Waals surface area contributed by atoms with Crippen LogP contribution in [0.15, 0.2) is 72.8 Å². The zero-order chi connectivity index (χ0) is 22.7. The highest BCUT2D eigenvalue weighted by atomic mass is 16.6. The van der Waals surface area contributed by atoms with Crippen LogP contribution in [-0.4, -0.2) is 37.4 Å². The lowest BCUT2D eigenvalue weighted by Gasteiger charge is -2.17. The quantitative estimate of drug-likeness (QED) is 0.187. The highest BCUT2D eigenvalue weighted by Gasteiger charge is 2.27. The zero-order valence-electron chi connectivity index (χ0n) is 16.4. The fourth-order valence-electron chi connectivity index (χ4n) is 3.29. The average molecular weight is 433 g/mol. The highest BCUT2D eigenvalue weighted by molar-refractivity contribution is 5.91. The van der Waals surface area contributed by atoms with E-state index in [0.29, 0.717) is 16.6 Å². The van der Waals surface area contributed by atoms with Crippen molar-refractivity contribution in [3.05, 3.63) is 104 Å². The van der Waals surface area contributed by atoms with E-state index in [4.69, 9.17) is 4.74 Å². The molecule has 11 nitrogen and oxygen atoms in total. The van der Waals surface area contributed by atoms with Gasteiger partial charge in [0.2, 0.25) is 6.54 Å². The third-order valence-corrected chi connectivity index (χ3v) is 4.79. The smallest absolute Gasteiger partial charge is 0.343 e. The Labute approximate surface area is 180 Å². The van der Waals surface area contributed by atoms with Gasteiger partial charge in [0.25, 0.3) is 5.69 Å². The van der Waals surface area contributed by atoms with E-state index in [9.17, 15) is 25.0 Å². The molecule has 1 atom stereocenters. The average Bonchev–Trinajstić information content (AvgIpc) is 3.22. The fourth-order valence-corrected chi connectivity index (χ4v) is 3.29. The zero-order valence-corrected chi connectivity index (χ0v) is 16.4. The second-order valence-corrected chi connectivity index (χ2v) is 6.79. The monoisotopic (exact) mass is 433 g/mol. The van der Waals surface area contributed by atoms with Crippen molar-refractivity contribution in [3.8, 4) is 5.75 Å². The van der Waals surface area contributed by atoms with Crippen molar-refractivity contribution in [2.24, 2.45) is 0 Å². The maximum Gasteiger partial charge on any atom is 0.343 e. The molecular weight excluding hydrogens is 418 g/mol. The summed E-state index contributed by atoms with van der Waals surface area (Å²) in [5.41, 5.74) is 1.47. The van der Waals surface area contributed by atoms with E-state index in [0.717, 1.165) is 0 Å². The summed E-state index contributed by atoms with van der Waals surface area (Å²) >= 11 is 0. The molecule has 32 heavy (non-hydrogen) atoms. The number of nitro benzene ring substituents is 1. The molecule has 4 aromatic rings. The number of fused-ring (bicyclic) bond motifs is 1. The van der Waals surface area contributed by atoms with E-state index in [-0.39, 0.29) is 17.0 Å². The van der Waals surface area contributed by atoms with Gasteiger partial charge in [-0.2, -0.15) is 0 Å². The Morgan fingerprint density at radius 1 is 0.969 bits per heavy atom. The highest BCUT2D eigenvalue weighted by Crippen LogP contribution is 2.30. The van der Waals surface area contributed by atoms with Crippen LogP contribution in [0.5, 0.6) is 5.75 Å². The van der Waals surface area contributed by atoms with Gasteiger partial charge in [-0.25, -0.2) is 9.48 Å². The second kappa shape index (κ2) is 8.60. The van der Waals surface area contributed by atoms with Gasteiger partial charge in [-0.1, -0.05) is 35.5 Å². The molecule has 0 radical (unpaired) electrons. The van der Waals surface area contributed by atoms with Crippen LogP contribution in [0, 0.1) is 20.2 Å². The number of carbonyl (C=O) groups excluding carboxylic acids is 1. The summed E-state index contributed by atoms with van der Waals surface area (Å²) in [6, 6.07) is 17.5. The third-order valence-electron chi connectivity index (χ3n) is 4.79. The van der Waals surface area contributed by atoms with Crippen molar-refractivity contribution in [2.75, 3.05) is 6.54 Å². The Morgan fingerprint density at radius 2 is 1.66 bits per heavy atom. The van der Waals surface area contributed by atoms with Gasteiger partial charge in [0.05, 0.1) is 16.0 Å². The Hall–Kier alpha value is -4.67. The van der Waals surface area contributed by atoms with Crippen LogP contribution in [-0.2, 0) is 0 Å². The molecule has 0 saturated carbocycles. The number of nitrogens with zero attached hydrogens (tertiary/aromatic N) is 5. The Bertz CT molecular complexity index is 1320. The number of rotatable bonds is 7. The van der Waals surface area contributed by atoms with Crippen LogP contribution < -0.4 is 4.74 Å². The lowest BCUT2D eigenvalue weighted by atomic mass is 10.1. The summed E-state index contributed by atoms with van der Waals surface area (Å²) in [6.07, 6.45) is 0. The topological polar surface area (TPSA) is 143 Å². The van der Waals surface area contributed by atoms with Crippen LogP contribution in [0.2, 0.25) is 0 Å². The largest absolute Gasteiger partial charge is 0.423 e. The molecule has 11 heteroatoms. The van der Waals surface area contributed by atoms with Gasteiger partial charge in [0, 0.05) is 22.6 Å². The number of carbonyl (C=O) groups is 1. The third kappa shape index (κ3) is 4.12. The minimum absolute atomic E-state index is 0.0995. The van der Waals surface area contributed by atoms with Crippen molar-refractivity contribution < 1.29 is 19.4 Å². The molecule has 160 valence electrons. The fraction of sp³-hybridized carbons (Fsp3) is 0.0952. The normalized spacial score (nSPS) is 11.8. The predicted molar refractivity (Wildman–Crippen MR) is 112 cm³/mol. The van der Waals surface area contributed by atoms with E-state index in [1.54, 1.807) is 42.5 Å². The first kappa shape index (κ1) is 20.6. The lowest BCUT2D eigenvalue weighted by molar-refractivity contribution is -0.484. The van der Waals surface area contributed by atoms with Gasteiger partial charge in [0.1, 0.15) is 17.3 Å². The molecule has 4 rings (SSSR count). The van der Waals surface area contributed by atoms with Gasteiger partial charge < -0.3 is 4.74 Å². The van der Waals surface area contributed by atoms with E-state index >= 15 is 0 Å².